The molecule has 0 aliphatic carbocycles. The first-order valence-corrected chi connectivity index (χ1v) is 12.7. The molecule has 0 bridgehead atoms. The number of unbranched alkanes of at least 4 members (excludes halogenated alkanes) is 2. The van der Waals surface area contributed by atoms with Gasteiger partial charge in [-0.15, -0.1) is 0 Å². The van der Waals surface area contributed by atoms with E-state index in [1.807, 2.05) is 42.5 Å². The van der Waals surface area contributed by atoms with Crippen molar-refractivity contribution in [3.05, 3.63) is 83.4 Å². The summed E-state index contributed by atoms with van der Waals surface area (Å²) >= 11 is 0. The van der Waals surface area contributed by atoms with E-state index in [4.69, 9.17) is 9.47 Å². The van der Waals surface area contributed by atoms with Crippen molar-refractivity contribution in [2.75, 3.05) is 0 Å². The van der Waals surface area contributed by atoms with Crippen molar-refractivity contribution in [3.63, 3.8) is 0 Å². The molecule has 180 valence electrons. The summed E-state index contributed by atoms with van der Waals surface area (Å²) in [6.07, 6.45) is 6.57. The lowest BCUT2D eigenvalue weighted by molar-refractivity contribution is 0.151. The van der Waals surface area contributed by atoms with E-state index in [0.717, 1.165) is 61.6 Å². The standard InChI is InChI=1S/C31H38O3/c1-5-7-14-24-16-13-21-29(27(24)17-8-6-2)33-31(32)34-30-20-12-11-19-28(30)26-18-10-9-15-25(26)22-23(3)4/h9-13,15-16,18-21,23H,5-8,14,17,22H2,1-4H3. The van der Waals surface area contributed by atoms with E-state index >= 15 is 0 Å². The van der Waals surface area contributed by atoms with Crippen molar-refractivity contribution in [1.29, 1.82) is 0 Å². The number of ether oxygens (including phenoxy) is 2. The number of aryl methyl sites for hydroxylation is 1. The molecule has 0 saturated heterocycles. The number of benzene rings is 3. The monoisotopic (exact) mass is 458 g/mol. The van der Waals surface area contributed by atoms with Crippen LogP contribution in [0.1, 0.15) is 70.1 Å². The minimum absolute atomic E-state index is 0.515. The second-order valence-electron chi connectivity index (χ2n) is 9.31. The highest BCUT2D eigenvalue weighted by atomic mass is 16.7. The molecule has 0 atom stereocenters. The SMILES string of the molecule is CCCCc1cccc(OC(=O)Oc2ccccc2-c2ccccc2CC(C)C)c1CCCC. The first kappa shape index (κ1) is 25.6. The van der Waals surface area contributed by atoms with Crippen molar-refractivity contribution < 1.29 is 14.3 Å². The van der Waals surface area contributed by atoms with Gasteiger partial charge in [0.15, 0.2) is 0 Å². The van der Waals surface area contributed by atoms with Crippen LogP contribution in [0.3, 0.4) is 0 Å². The molecule has 0 aromatic heterocycles. The van der Waals surface area contributed by atoms with Crippen molar-refractivity contribution in [1.82, 2.24) is 0 Å². The third-order valence-electron chi connectivity index (χ3n) is 6.02. The minimum Gasteiger partial charge on any atom is -0.394 e. The van der Waals surface area contributed by atoms with Crippen LogP contribution in [0, 0.1) is 5.92 Å². The highest BCUT2D eigenvalue weighted by Crippen LogP contribution is 2.34. The quantitative estimate of drug-likeness (QED) is 0.213. The Morgan fingerprint density at radius 1 is 0.706 bits per heavy atom. The molecule has 0 amide bonds. The van der Waals surface area contributed by atoms with E-state index in [9.17, 15) is 4.79 Å². The smallest absolute Gasteiger partial charge is 0.394 e. The van der Waals surface area contributed by atoms with E-state index in [-0.39, 0.29) is 0 Å². The number of carbonyl (C=O) groups excluding carboxylic acids is 1. The third kappa shape index (κ3) is 6.96. The zero-order chi connectivity index (χ0) is 24.3. The average molecular weight is 459 g/mol. The molecule has 3 aromatic rings. The van der Waals surface area contributed by atoms with E-state index < -0.39 is 6.16 Å². The second kappa shape index (κ2) is 13.0. The molecule has 0 N–H and O–H groups in total. The van der Waals surface area contributed by atoms with Gasteiger partial charge in [0.25, 0.3) is 0 Å². The van der Waals surface area contributed by atoms with Gasteiger partial charge in [-0.1, -0.05) is 95.1 Å². The molecule has 0 aliphatic rings. The summed E-state index contributed by atoms with van der Waals surface area (Å²) in [4.78, 5) is 12.9. The van der Waals surface area contributed by atoms with Gasteiger partial charge in [-0.3, -0.25) is 0 Å². The fourth-order valence-electron chi connectivity index (χ4n) is 4.32. The predicted molar refractivity (Wildman–Crippen MR) is 141 cm³/mol. The van der Waals surface area contributed by atoms with Crippen LogP contribution in [0.25, 0.3) is 11.1 Å². The molecule has 0 radical (unpaired) electrons. The maximum atomic E-state index is 12.9. The van der Waals surface area contributed by atoms with Crippen molar-refractivity contribution >= 4 is 6.16 Å². The number of rotatable bonds is 11. The first-order chi connectivity index (χ1) is 16.5. The Morgan fingerprint density at radius 3 is 2.03 bits per heavy atom. The molecule has 0 heterocycles. The van der Waals surface area contributed by atoms with Gasteiger partial charge in [0.1, 0.15) is 11.5 Å². The fourth-order valence-corrected chi connectivity index (χ4v) is 4.32. The summed E-state index contributed by atoms with van der Waals surface area (Å²) in [5, 5.41) is 0. The van der Waals surface area contributed by atoms with Gasteiger partial charge in [0, 0.05) is 5.56 Å². The lowest BCUT2D eigenvalue weighted by atomic mass is 9.93. The number of hydrogen-bond acceptors (Lipinski definition) is 3. The maximum absolute atomic E-state index is 12.9. The minimum atomic E-state index is -0.695. The maximum Gasteiger partial charge on any atom is 0.519 e. The van der Waals surface area contributed by atoms with E-state index in [0.29, 0.717) is 17.4 Å². The van der Waals surface area contributed by atoms with Crippen molar-refractivity contribution in [2.24, 2.45) is 5.92 Å². The Morgan fingerprint density at radius 2 is 1.29 bits per heavy atom. The Kier molecular flexibility index (Phi) is 9.75. The molecular weight excluding hydrogens is 420 g/mol. The van der Waals surface area contributed by atoms with Crippen LogP contribution in [-0.2, 0) is 19.3 Å². The zero-order valence-corrected chi connectivity index (χ0v) is 21.1. The van der Waals surface area contributed by atoms with Gasteiger partial charge in [0.05, 0.1) is 0 Å². The highest BCUT2D eigenvalue weighted by Gasteiger charge is 2.17. The average Bonchev–Trinajstić information content (AvgIpc) is 2.82. The topological polar surface area (TPSA) is 35.5 Å². The van der Waals surface area contributed by atoms with Gasteiger partial charge >= 0.3 is 6.16 Å². The molecule has 0 spiro atoms. The molecule has 0 fully saturated rings. The predicted octanol–water partition coefficient (Wildman–Crippen LogP) is 8.82. The summed E-state index contributed by atoms with van der Waals surface area (Å²) in [7, 11) is 0. The second-order valence-corrected chi connectivity index (χ2v) is 9.31. The van der Waals surface area contributed by atoms with Crippen LogP contribution in [0.15, 0.2) is 66.7 Å². The van der Waals surface area contributed by atoms with Crippen LogP contribution in [0.2, 0.25) is 0 Å². The van der Waals surface area contributed by atoms with Crippen LogP contribution in [0.5, 0.6) is 11.5 Å². The van der Waals surface area contributed by atoms with Crippen molar-refractivity contribution in [3.8, 4) is 22.6 Å². The molecule has 0 saturated carbocycles. The van der Waals surface area contributed by atoms with E-state index in [1.54, 1.807) is 0 Å². The molecule has 0 aliphatic heterocycles. The Balaban J connectivity index is 1.85. The summed E-state index contributed by atoms with van der Waals surface area (Å²) in [5.74, 6) is 1.66. The largest absolute Gasteiger partial charge is 0.519 e. The van der Waals surface area contributed by atoms with Crippen LogP contribution < -0.4 is 9.47 Å². The first-order valence-electron chi connectivity index (χ1n) is 12.7. The Labute approximate surface area is 205 Å². The normalized spacial score (nSPS) is 11.0. The fraction of sp³-hybridized carbons (Fsp3) is 0.387. The summed E-state index contributed by atoms with van der Waals surface area (Å²) < 4.78 is 11.6. The van der Waals surface area contributed by atoms with E-state index in [1.165, 1.54) is 11.1 Å². The van der Waals surface area contributed by atoms with Gasteiger partial charge in [-0.05, 0) is 72.4 Å². The van der Waals surface area contributed by atoms with Gasteiger partial charge in [-0.2, -0.15) is 0 Å². The summed E-state index contributed by atoms with van der Waals surface area (Å²) in [6, 6.07) is 22.0. The molecular formula is C31H38O3. The Bertz CT molecular complexity index is 1070. The van der Waals surface area contributed by atoms with Crippen LogP contribution in [-0.4, -0.2) is 6.16 Å². The summed E-state index contributed by atoms with van der Waals surface area (Å²) in [6.45, 7) is 8.79. The van der Waals surface area contributed by atoms with Crippen LogP contribution in [0.4, 0.5) is 4.79 Å². The molecule has 34 heavy (non-hydrogen) atoms. The molecule has 3 rings (SSSR count). The number of para-hydroxylation sites is 1. The van der Waals surface area contributed by atoms with E-state index in [2.05, 4.69) is 52.0 Å². The molecule has 0 unspecified atom stereocenters. The third-order valence-corrected chi connectivity index (χ3v) is 6.02. The molecule has 3 heteroatoms. The Hall–Kier alpha value is -3.07. The van der Waals surface area contributed by atoms with Gasteiger partial charge in [0.2, 0.25) is 0 Å². The molecule has 3 aromatic carbocycles. The van der Waals surface area contributed by atoms with Crippen molar-refractivity contribution in [2.45, 2.75) is 72.6 Å². The van der Waals surface area contributed by atoms with Gasteiger partial charge < -0.3 is 9.47 Å². The van der Waals surface area contributed by atoms with Crippen LogP contribution >= 0.6 is 0 Å². The summed E-state index contributed by atoms with van der Waals surface area (Å²) in [5.41, 5.74) is 5.63. The lowest BCUT2D eigenvalue weighted by Crippen LogP contribution is -2.16. The lowest BCUT2D eigenvalue weighted by Gasteiger charge is -2.16. The zero-order valence-electron chi connectivity index (χ0n) is 21.1. The number of carbonyl (C=O) groups is 1. The molecule has 3 nitrogen and oxygen atoms in total. The van der Waals surface area contributed by atoms with Gasteiger partial charge in [-0.25, -0.2) is 4.79 Å². The number of hydrogen-bond donors (Lipinski definition) is 0. The highest BCUT2D eigenvalue weighted by molar-refractivity contribution is 5.77.